The number of hydrogen-bond donors (Lipinski definition) is 1. The number of nitriles is 1. The molecule has 0 aromatic carbocycles. The third-order valence-electron chi connectivity index (χ3n) is 3.58. The quantitative estimate of drug-likeness (QED) is 0.764. The van der Waals surface area contributed by atoms with Crippen LogP contribution in [0.4, 0.5) is 0 Å². The van der Waals surface area contributed by atoms with Gasteiger partial charge in [-0.3, -0.25) is 0 Å². The molecule has 0 saturated heterocycles. The first-order valence-corrected chi connectivity index (χ1v) is 5.94. The molecule has 1 aliphatic rings. The lowest BCUT2D eigenvalue weighted by Crippen LogP contribution is -2.43. The molecule has 1 rings (SSSR count). The summed E-state index contributed by atoms with van der Waals surface area (Å²) in [6, 6.07) is 2.93. The summed E-state index contributed by atoms with van der Waals surface area (Å²) in [6.45, 7) is 3.17. The van der Waals surface area contributed by atoms with E-state index in [1.807, 2.05) is 7.05 Å². The Labute approximate surface area is 93.5 Å². The Kier molecular flexibility index (Phi) is 5.07. The van der Waals surface area contributed by atoms with E-state index in [1.54, 1.807) is 0 Å². The third kappa shape index (κ3) is 3.81. The zero-order valence-corrected chi connectivity index (χ0v) is 10.2. The SMILES string of the molecule is CNC(C#N)CN(C)C1CCC(C)CC1. The standard InChI is InChI=1S/C12H23N3/c1-10-4-6-12(7-5-10)15(3)9-11(8-13)14-2/h10-12,14H,4-7,9H2,1-3H3. The molecule has 15 heavy (non-hydrogen) atoms. The van der Waals surface area contributed by atoms with Gasteiger partial charge >= 0.3 is 0 Å². The topological polar surface area (TPSA) is 39.1 Å². The highest BCUT2D eigenvalue weighted by Crippen LogP contribution is 2.26. The fraction of sp³-hybridized carbons (Fsp3) is 0.917. The van der Waals surface area contributed by atoms with Gasteiger partial charge in [0, 0.05) is 12.6 Å². The summed E-state index contributed by atoms with van der Waals surface area (Å²) in [5.74, 6) is 0.894. The van der Waals surface area contributed by atoms with Crippen LogP contribution >= 0.6 is 0 Å². The van der Waals surface area contributed by atoms with Crippen molar-refractivity contribution < 1.29 is 0 Å². The second-order valence-corrected chi connectivity index (χ2v) is 4.82. The zero-order valence-electron chi connectivity index (χ0n) is 10.2. The van der Waals surface area contributed by atoms with Gasteiger partial charge in [-0.2, -0.15) is 5.26 Å². The minimum Gasteiger partial charge on any atom is -0.304 e. The molecular weight excluding hydrogens is 186 g/mol. The van der Waals surface area contributed by atoms with Crippen molar-refractivity contribution in [2.24, 2.45) is 5.92 Å². The van der Waals surface area contributed by atoms with Gasteiger partial charge in [-0.25, -0.2) is 0 Å². The van der Waals surface area contributed by atoms with Crippen molar-refractivity contribution in [1.82, 2.24) is 10.2 Å². The highest BCUT2D eigenvalue weighted by atomic mass is 15.1. The maximum atomic E-state index is 8.88. The second-order valence-electron chi connectivity index (χ2n) is 4.82. The Hall–Kier alpha value is -0.590. The molecule has 0 aromatic heterocycles. The number of hydrogen-bond acceptors (Lipinski definition) is 3. The first-order chi connectivity index (χ1) is 7.17. The van der Waals surface area contributed by atoms with Crippen LogP contribution in [0.25, 0.3) is 0 Å². The van der Waals surface area contributed by atoms with Crippen molar-refractivity contribution in [3.05, 3.63) is 0 Å². The lowest BCUT2D eigenvalue weighted by molar-refractivity contribution is 0.165. The summed E-state index contributed by atoms with van der Waals surface area (Å²) in [5, 5.41) is 11.9. The van der Waals surface area contributed by atoms with Crippen LogP contribution in [0, 0.1) is 17.2 Å². The molecule has 0 aliphatic heterocycles. The fourth-order valence-electron chi connectivity index (χ4n) is 2.32. The van der Waals surface area contributed by atoms with Crippen molar-refractivity contribution in [2.75, 3.05) is 20.6 Å². The molecule has 1 fully saturated rings. The van der Waals surface area contributed by atoms with Crippen molar-refractivity contribution in [3.8, 4) is 6.07 Å². The van der Waals surface area contributed by atoms with Gasteiger partial charge in [0.1, 0.15) is 6.04 Å². The Bertz CT molecular complexity index is 213. The van der Waals surface area contributed by atoms with E-state index in [0.717, 1.165) is 12.5 Å². The molecule has 0 amide bonds. The van der Waals surface area contributed by atoms with Crippen LogP contribution in [0.15, 0.2) is 0 Å². The molecule has 0 radical (unpaired) electrons. The Morgan fingerprint density at radius 2 is 2.00 bits per heavy atom. The summed E-state index contributed by atoms with van der Waals surface area (Å²) in [7, 11) is 3.99. The molecule has 0 spiro atoms. The van der Waals surface area contributed by atoms with Crippen LogP contribution in [0.1, 0.15) is 32.6 Å². The number of rotatable bonds is 4. The normalized spacial score (nSPS) is 28.7. The predicted octanol–water partition coefficient (Wildman–Crippen LogP) is 1.61. The average Bonchev–Trinajstić information content (AvgIpc) is 2.26. The monoisotopic (exact) mass is 209 g/mol. The van der Waals surface area contributed by atoms with Gasteiger partial charge < -0.3 is 10.2 Å². The number of likely N-dealkylation sites (N-methyl/N-ethyl adjacent to an activating group) is 2. The van der Waals surface area contributed by atoms with Crippen LogP contribution in [-0.2, 0) is 0 Å². The number of nitrogens with zero attached hydrogens (tertiary/aromatic N) is 2. The minimum atomic E-state index is -0.0330. The van der Waals surface area contributed by atoms with Crippen molar-refractivity contribution in [2.45, 2.75) is 44.7 Å². The fourth-order valence-corrected chi connectivity index (χ4v) is 2.32. The zero-order chi connectivity index (χ0) is 11.3. The minimum absolute atomic E-state index is 0.0330. The average molecular weight is 209 g/mol. The maximum absolute atomic E-state index is 8.88. The van der Waals surface area contributed by atoms with E-state index < -0.39 is 0 Å². The summed E-state index contributed by atoms with van der Waals surface area (Å²) < 4.78 is 0. The second kappa shape index (κ2) is 6.09. The Morgan fingerprint density at radius 1 is 1.40 bits per heavy atom. The van der Waals surface area contributed by atoms with E-state index in [9.17, 15) is 0 Å². The lowest BCUT2D eigenvalue weighted by atomic mass is 9.86. The van der Waals surface area contributed by atoms with Gasteiger partial charge in [0.2, 0.25) is 0 Å². The maximum Gasteiger partial charge on any atom is 0.108 e. The molecular formula is C12H23N3. The molecule has 3 nitrogen and oxygen atoms in total. The highest BCUT2D eigenvalue weighted by Gasteiger charge is 2.22. The van der Waals surface area contributed by atoms with Crippen LogP contribution in [0.5, 0.6) is 0 Å². The molecule has 1 aliphatic carbocycles. The lowest BCUT2D eigenvalue weighted by Gasteiger charge is -2.34. The van der Waals surface area contributed by atoms with Crippen LogP contribution in [-0.4, -0.2) is 37.6 Å². The van der Waals surface area contributed by atoms with E-state index in [2.05, 4.69) is 30.3 Å². The predicted molar refractivity (Wildman–Crippen MR) is 62.5 cm³/mol. The van der Waals surface area contributed by atoms with Crippen molar-refractivity contribution >= 4 is 0 Å². The molecule has 3 heteroatoms. The van der Waals surface area contributed by atoms with E-state index in [4.69, 9.17) is 5.26 Å². The summed E-state index contributed by atoms with van der Waals surface area (Å²) in [6.07, 6.45) is 5.26. The molecule has 1 saturated carbocycles. The smallest absolute Gasteiger partial charge is 0.108 e. The van der Waals surface area contributed by atoms with E-state index in [1.165, 1.54) is 25.7 Å². The summed E-state index contributed by atoms with van der Waals surface area (Å²) >= 11 is 0. The highest BCUT2D eigenvalue weighted by molar-refractivity contribution is 4.92. The van der Waals surface area contributed by atoms with E-state index >= 15 is 0 Å². The Balaban J connectivity index is 2.34. The van der Waals surface area contributed by atoms with Gasteiger partial charge in [0.25, 0.3) is 0 Å². The molecule has 1 unspecified atom stereocenters. The number of nitrogens with one attached hydrogen (secondary N) is 1. The van der Waals surface area contributed by atoms with Gasteiger partial charge in [0.05, 0.1) is 6.07 Å². The first kappa shape index (κ1) is 12.5. The molecule has 1 N–H and O–H groups in total. The third-order valence-corrected chi connectivity index (χ3v) is 3.58. The van der Waals surface area contributed by atoms with Crippen molar-refractivity contribution in [3.63, 3.8) is 0 Å². The van der Waals surface area contributed by atoms with Crippen molar-refractivity contribution in [1.29, 1.82) is 5.26 Å². The van der Waals surface area contributed by atoms with Gasteiger partial charge in [-0.1, -0.05) is 6.92 Å². The summed E-state index contributed by atoms with van der Waals surface area (Å²) in [5.41, 5.74) is 0. The first-order valence-electron chi connectivity index (χ1n) is 5.94. The van der Waals surface area contributed by atoms with Crippen LogP contribution < -0.4 is 5.32 Å². The molecule has 0 heterocycles. The van der Waals surface area contributed by atoms with Gasteiger partial charge in [0.15, 0.2) is 0 Å². The van der Waals surface area contributed by atoms with Crippen LogP contribution in [0.2, 0.25) is 0 Å². The molecule has 0 bridgehead atoms. The molecule has 86 valence electrons. The van der Waals surface area contributed by atoms with Gasteiger partial charge in [-0.05, 0) is 45.7 Å². The largest absolute Gasteiger partial charge is 0.304 e. The molecule has 1 atom stereocenters. The van der Waals surface area contributed by atoms with Gasteiger partial charge in [-0.15, -0.1) is 0 Å². The summed E-state index contributed by atoms with van der Waals surface area (Å²) in [4.78, 5) is 2.34. The van der Waals surface area contributed by atoms with E-state index in [0.29, 0.717) is 6.04 Å². The van der Waals surface area contributed by atoms with Crippen LogP contribution in [0.3, 0.4) is 0 Å². The van der Waals surface area contributed by atoms with E-state index in [-0.39, 0.29) is 6.04 Å². The Morgan fingerprint density at radius 3 is 2.47 bits per heavy atom. The molecule has 0 aromatic rings.